The first-order valence-electron chi connectivity index (χ1n) is 11.8. The van der Waals surface area contributed by atoms with Crippen LogP contribution in [0, 0.1) is 0 Å². The zero-order chi connectivity index (χ0) is 26.0. The molecular weight excluding hydrogens is 453 g/mol. The average Bonchev–Trinajstić information content (AvgIpc) is 2.77. The number of nitrogens with one attached hydrogen (secondary N) is 1. The van der Waals surface area contributed by atoms with Crippen molar-refractivity contribution >= 4 is 29.3 Å². The number of fused-ring (bicyclic) bond motifs is 1. The molecule has 1 aromatic heterocycles. The predicted octanol–water partition coefficient (Wildman–Crippen LogP) is 3.95. The third-order valence-corrected chi connectivity index (χ3v) is 6.52. The van der Waals surface area contributed by atoms with Gasteiger partial charge in [0.05, 0.1) is 12.1 Å². The number of halogens is 1. The molecule has 8 nitrogen and oxygen atoms in total. The Morgan fingerprint density at radius 1 is 1.34 bits per heavy atom. The van der Waals surface area contributed by atoms with Crippen molar-refractivity contribution < 1.29 is 28.6 Å². The first kappa shape index (κ1) is 26.5. The Kier molecular flexibility index (Phi) is 7.50. The van der Waals surface area contributed by atoms with Gasteiger partial charge in [0.25, 0.3) is 0 Å². The number of likely N-dealkylation sites (tertiary alicyclic amines) is 1. The molecular formula is C26H34FN3O5. The summed E-state index contributed by atoms with van der Waals surface area (Å²) in [6.07, 6.45) is 2.24. The topological polar surface area (TPSA) is 109 Å². The summed E-state index contributed by atoms with van der Waals surface area (Å²) in [6.45, 7) is 8.36. The number of aliphatic hydroxyl groups is 1. The van der Waals surface area contributed by atoms with Gasteiger partial charge in [-0.05, 0) is 69.4 Å². The second-order valence-corrected chi connectivity index (χ2v) is 10.5. The van der Waals surface area contributed by atoms with E-state index in [2.05, 4.69) is 10.3 Å². The molecule has 1 aliphatic rings. The van der Waals surface area contributed by atoms with E-state index >= 15 is 4.39 Å². The number of hydrogen-bond donors (Lipinski definition) is 2. The average molecular weight is 488 g/mol. The highest BCUT2D eigenvalue weighted by molar-refractivity contribution is 5.85. The van der Waals surface area contributed by atoms with Gasteiger partial charge in [-0.3, -0.25) is 19.9 Å². The number of piperidine rings is 1. The molecule has 3 atom stereocenters. The van der Waals surface area contributed by atoms with Crippen LogP contribution in [-0.4, -0.2) is 57.8 Å². The first-order chi connectivity index (χ1) is 16.3. The Morgan fingerprint density at radius 2 is 2.06 bits per heavy atom. The highest BCUT2D eigenvalue weighted by atomic mass is 19.1. The Hall–Kier alpha value is -3.07. The minimum atomic E-state index is -2.11. The lowest BCUT2D eigenvalue weighted by Crippen LogP contribution is -2.60. The number of nitrogens with zero attached hydrogens (tertiary/aromatic N) is 2. The van der Waals surface area contributed by atoms with E-state index in [1.807, 2.05) is 13.0 Å². The second kappa shape index (κ2) is 9.89. The zero-order valence-corrected chi connectivity index (χ0v) is 20.9. The number of benzene rings is 1. The fraction of sp³-hybridized carbons (Fsp3) is 0.538. The summed E-state index contributed by atoms with van der Waals surface area (Å²) in [5.74, 6) is -0.343. The fourth-order valence-electron chi connectivity index (χ4n) is 4.38. The van der Waals surface area contributed by atoms with E-state index < -0.39 is 23.0 Å². The minimum Gasteiger partial charge on any atom is -0.444 e. The van der Waals surface area contributed by atoms with Crippen LogP contribution in [0.4, 0.5) is 9.18 Å². The van der Waals surface area contributed by atoms with Crippen molar-refractivity contribution in [1.82, 2.24) is 15.2 Å². The quantitative estimate of drug-likeness (QED) is 0.598. The van der Waals surface area contributed by atoms with Crippen LogP contribution in [0.1, 0.15) is 70.9 Å². The van der Waals surface area contributed by atoms with E-state index in [4.69, 9.17) is 4.74 Å². The number of hydrogen-bond acceptors (Lipinski definition) is 6. The van der Waals surface area contributed by atoms with Gasteiger partial charge in [0.15, 0.2) is 5.67 Å². The molecule has 9 heteroatoms. The van der Waals surface area contributed by atoms with Crippen LogP contribution >= 0.6 is 0 Å². The van der Waals surface area contributed by atoms with Crippen molar-refractivity contribution in [3.8, 4) is 0 Å². The summed E-state index contributed by atoms with van der Waals surface area (Å²) >= 11 is 0. The van der Waals surface area contributed by atoms with Gasteiger partial charge < -0.3 is 14.7 Å². The van der Waals surface area contributed by atoms with Crippen LogP contribution in [-0.2, 0) is 19.9 Å². The molecule has 0 spiro atoms. The smallest absolute Gasteiger partial charge is 0.410 e. The van der Waals surface area contributed by atoms with Gasteiger partial charge in [-0.15, -0.1) is 0 Å². The third-order valence-electron chi connectivity index (χ3n) is 6.52. The number of imide groups is 1. The lowest BCUT2D eigenvalue weighted by atomic mass is 9.74. The van der Waals surface area contributed by atoms with Gasteiger partial charge in [-0.2, -0.15) is 0 Å². The van der Waals surface area contributed by atoms with E-state index in [1.54, 1.807) is 45.2 Å². The maximum Gasteiger partial charge on any atom is 0.410 e. The van der Waals surface area contributed by atoms with Gasteiger partial charge in [0.1, 0.15) is 11.2 Å². The summed E-state index contributed by atoms with van der Waals surface area (Å²) < 4.78 is 21.3. The van der Waals surface area contributed by atoms with Crippen LogP contribution in [0.2, 0.25) is 0 Å². The summed E-state index contributed by atoms with van der Waals surface area (Å²) in [5.41, 5.74) is -2.61. The molecule has 0 radical (unpaired) electrons. The summed E-state index contributed by atoms with van der Waals surface area (Å²) in [7, 11) is 0. The van der Waals surface area contributed by atoms with Crippen LogP contribution in [0.3, 0.4) is 0 Å². The third kappa shape index (κ3) is 5.96. The van der Waals surface area contributed by atoms with Gasteiger partial charge in [0.2, 0.25) is 12.3 Å². The molecule has 0 saturated carbocycles. The largest absolute Gasteiger partial charge is 0.444 e. The molecule has 1 saturated heterocycles. The molecule has 3 unspecified atom stereocenters. The molecule has 0 aliphatic carbocycles. The first-order valence-corrected chi connectivity index (χ1v) is 11.8. The number of rotatable bonds is 6. The zero-order valence-electron chi connectivity index (χ0n) is 20.9. The Balaban J connectivity index is 1.82. The van der Waals surface area contributed by atoms with Crippen molar-refractivity contribution in [3.63, 3.8) is 0 Å². The van der Waals surface area contributed by atoms with E-state index in [1.165, 1.54) is 11.8 Å². The molecule has 2 aromatic rings. The number of carbonyl (C=O) groups excluding carboxylic acids is 3. The van der Waals surface area contributed by atoms with Crippen LogP contribution in [0.25, 0.3) is 10.9 Å². The lowest BCUT2D eigenvalue weighted by Gasteiger charge is -2.47. The van der Waals surface area contributed by atoms with Crippen molar-refractivity contribution in [1.29, 1.82) is 0 Å². The van der Waals surface area contributed by atoms with Gasteiger partial charge in [-0.25, -0.2) is 9.18 Å². The fourth-order valence-corrected chi connectivity index (χ4v) is 4.38. The summed E-state index contributed by atoms with van der Waals surface area (Å²) in [4.78, 5) is 40.2. The minimum absolute atomic E-state index is 0.000414. The van der Waals surface area contributed by atoms with Crippen molar-refractivity contribution in [2.75, 3.05) is 13.1 Å². The number of pyridine rings is 1. The maximum atomic E-state index is 15.9. The van der Waals surface area contributed by atoms with Gasteiger partial charge in [-0.1, -0.05) is 13.0 Å². The highest BCUT2D eigenvalue weighted by Crippen LogP contribution is 2.44. The standard InChI is InChI=1S/C26H34FN3O5/c1-17(6-9-22(32)29-16-31)19-12-18-13-20(7-8-21(18)28-14-19)26(34)10-11-30(15-25(26,5)27)23(33)35-24(2,3)4/h7-8,12-14,16-17,34H,6,9-11,15H2,1-5H3,(H,29,31,32). The summed E-state index contributed by atoms with van der Waals surface area (Å²) in [5, 5.41) is 14.4. The van der Waals surface area contributed by atoms with E-state index in [-0.39, 0.29) is 37.8 Å². The van der Waals surface area contributed by atoms with Crippen LogP contribution in [0.15, 0.2) is 30.5 Å². The number of amides is 3. The molecule has 2 N–H and O–H groups in total. The van der Waals surface area contributed by atoms with Gasteiger partial charge in [0, 0.05) is 31.0 Å². The lowest BCUT2D eigenvalue weighted by molar-refractivity contribution is -0.144. The van der Waals surface area contributed by atoms with E-state index in [0.717, 1.165) is 10.9 Å². The number of aromatic nitrogens is 1. The molecule has 1 aromatic carbocycles. The second-order valence-electron chi connectivity index (χ2n) is 10.5. The van der Waals surface area contributed by atoms with Gasteiger partial charge >= 0.3 is 6.09 Å². The predicted molar refractivity (Wildman–Crippen MR) is 129 cm³/mol. The number of carbonyl (C=O) groups is 3. The van der Waals surface area contributed by atoms with Crippen molar-refractivity contribution in [2.45, 2.75) is 76.7 Å². The van der Waals surface area contributed by atoms with Crippen molar-refractivity contribution in [3.05, 3.63) is 41.6 Å². The Bertz CT molecular complexity index is 1110. The molecule has 0 bridgehead atoms. The monoisotopic (exact) mass is 487 g/mol. The number of alkyl halides is 1. The highest BCUT2D eigenvalue weighted by Gasteiger charge is 2.54. The normalized spacial score (nSPS) is 23.6. The SMILES string of the molecule is CC(CCC(=O)NC=O)c1cnc2ccc(C3(O)CCN(C(=O)OC(C)(C)C)CC3(C)F)cc2c1. The van der Waals surface area contributed by atoms with Crippen LogP contribution in [0.5, 0.6) is 0 Å². The molecule has 2 heterocycles. The maximum absolute atomic E-state index is 15.9. The number of ether oxygens (including phenoxy) is 1. The molecule has 3 rings (SSSR count). The van der Waals surface area contributed by atoms with Crippen molar-refractivity contribution in [2.24, 2.45) is 0 Å². The Morgan fingerprint density at radius 3 is 2.69 bits per heavy atom. The molecule has 1 aliphatic heterocycles. The summed E-state index contributed by atoms with van der Waals surface area (Å²) in [6, 6.07) is 7.07. The molecule has 190 valence electrons. The molecule has 1 fully saturated rings. The van der Waals surface area contributed by atoms with E-state index in [0.29, 0.717) is 23.9 Å². The van der Waals surface area contributed by atoms with Crippen LogP contribution < -0.4 is 5.32 Å². The Labute approximate surface area is 204 Å². The van der Waals surface area contributed by atoms with E-state index in [9.17, 15) is 19.5 Å². The molecule has 3 amide bonds. The molecule has 35 heavy (non-hydrogen) atoms.